The van der Waals surface area contributed by atoms with E-state index in [-0.39, 0.29) is 0 Å². The molecule has 1 heterocycles. The molecule has 1 aliphatic carbocycles. The minimum absolute atomic E-state index is 0.589. The first-order chi connectivity index (χ1) is 4.90. The van der Waals surface area contributed by atoms with Gasteiger partial charge in [0, 0.05) is 4.43 Å². The van der Waals surface area contributed by atoms with E-state index in [1.165, 1.54) is 23.7 Å². The van der Waals surface area contributed by atoms with Crippen molar-refractivity contribution in [1.82, 2.24) is 0 Å². The lowest BCUT2D eigenvalue weighted by Gasteiger charge is -2.03. The van der Waals surface area contributed by atoms with Crippen molar-refractivity contribution in [3.8, 4) is 0 Å². The molecule has 1 saturated carbocycles. The Balaban J connectivity index is 1.81. The maximum Gasteiger partial charge on any atom is 0.0668 e. The van der Waals surface area contributed by atoms with E-state index in [9.17, 15) is 0 Å². The zero-order valence-electron chi connectivity index (χ0n) is 6.05. The van der Waals surface area contributed by atoms with Crippen molar-refractivity contribution < 1.29 is 4.74 Å². The van der Waals surface area contributed by atoms with Crippen molar-refractivity contribution in [2.24, 2.45) is 11.8 Å². The van der Waals surface area contributed by atoms with E-state index in [4.69, 9.17) is 4.74 Å². The molecular weight excluding hydrogens is 239 g/mol. The van der Waals surface area contributed by atoms with Crippen LogP contribution in [0.4, 0.5) is 0 Å². The Morgan fingerprint density at radius 2 is 2.10 bits per heavy atom. The van der Waals surface area contributed by atoms with Crippen LogP contribution in [0.15, 0.2) is 0 Å². The summed E-state index contributed by atoms with van der Waals surface area (Å²) in [6, 6.07) is 0. The van der Waals surface area contributed by atoms with Gasteiger partial charge in [0.25, 0.3) is 0 Å². The fourth-order valence-corrected chi connectivity index (χ4v) is 2.35. The minimum atomic E-state index is 0.589. The molecule has 2 rings (SSSR count). The average molecular weight is 252 g/mol. The monoisotopic (exact) mass is 252 g/mol. The molecule has 1 aliphatic heterocycles. The molecule has 0 N–H and O–H groups in total. The second-order valence-corrected chi connectivity index (χ2v) is 4.32. The SMILES string of the molecule is IC[C@H]1C[C@H](C2CC2)CO1. The van der Waals surface area contributed by atoms with Gasteiger partial charge in [0.05, 0.1) is 12.7 Å². The number of halogens is 1. The van der Waals surface area contributed by atoms with Crippen LogP contribution in [0.5, 0.6) is 0 Å². The normalized spacial score (nSPS) is 40.5. The van der Waals surface area contributed by atoms with Crippen LogP contribution in [0.1, 0.15) is 19.3 Å². The zero-order chi connectivity index (χ0) is 6.97. The van der Waals surface area contributed by atoms with Crippen LogP contribution in [-0.4, -0.2) is 17.1 Å². The predicted octanol–water partition coefficient (Wildman–Crippen LogP) is 2.24. The van der Waals surface area contributed by atoms with Crippen LogP contribution >= 0.6 is 22.6 Å². The third-order valence-electron chi connectivity index (χ3n) is 2.57. The van der Waals surface area contributed by atoms with Crippen molar-refractivity contribution in [2.45, 2.75) is 25.4 Å². The largest absolute Gasteiger partial charge is 0.377 e. The number of hydrogen-bond donors (Lipinski definition) is 0. The molecule has 58 valence electrons. The Bertz CT molecular complexity index is 122. The van der Waals surface area contributed by atoms with Crippen molar-refractivity contribution in [2.75, 3.05) is 11.0 Å². The Morgan fingerprint density at radius 1 is 1.30 bits per heavy atom. The fourth-order valence-electron chi connectivity index (χ4n) is 1.74. The lowest BCUT2D eigenvalue weighted by Crippen LogP contribution is -2.05. The quantitative estimate of drug-likeness (QED) is 0.541. The summed E-state index contributed by atoms with van der Waals surface area (Å²) in [5, 5.41) is 0. The van der Waals surface area contributed by atoms with Crippen LogP contribution in [-0.2, 0) is 4.74 Å². The minimum Gasteiger partial charge on any atom is -0.377 e. The van der Waals surface area contributed by atoms with Gasteiger partial charge in [0.15, 0.2) is 0 Å². The molecule has 2 atom stereocenters. The fraction of sp³-hybridized carbons (Fsp3) is 1.00. The first-order valence-corrected chi connectivity index (χ1v) is 5.60. The molecule has 10 heavy (non-hydrogen) atoms. The summed E-state index contributed by atoms with van der Waals surface area (Å²) >= 11 is 2.42. The summed E-state index contributed by atoms with van der Waals surface area (Å²) < 4.78 is 6.79. The number of rotatable bonds is 2. The summed E-state index contributed by atoms with van der Waals surface area (Å²) in [6.45, 7) is 1.05. The molecular formula is C8H13IO. The van der Waals surface area contributed by atoms with E-state index in [1.54, 1.807) is 0 Å². The van der Waals surface area contributed by atoms with Gasteiger partial charge >= 0.3 is 0 Å². The van der Waals surface area contributed by atoms with Crippen LogP contribution in [0.3, 0.4) is 0 Å². The molecule has 2 heteroatoms. The van der Waals surface area contributed by atoms with Crippen molar-refractivity contribution in [3.05, 3.63) is 0 Å². The highest BCUT2D eigenvalue weighted by molar-refractivity contribution is 14.1. The van der Waals surface area contributed by atoms with Crippen LogP contribution in [0, 0.1) is 11.8 Å². The van der Waals surface area contributed by atoms with Crippen LogP contribution in [0.2, 0.25) is 0 Å². The van der Waals surface area contributed by atoms with Crippen molar-refractivity contribution in [3.63, 3.8) is 0 Å². The maximum atomic E-state index is 5.61. The highest BCUT2D eigenvalue weighted by Gasteiger charge is 2.36. The molecule has 0 radical (unpaired) electrons. The molecule has 0 spiro atoms. The van der Waals surface area contributed by atoms with E-state index in [2.05, 4.69) is 22.6 Å². The maximum absolute atomic E-state index is 5.61. The topological polar surface area (TPSA) is 9.23 Å². The Hall–Kier alpha value is 0.690. The van der Waals surface area contributed by atoms with E-state index >= 15 is 0 Å². The van der Waals surface area contributed by atoms with E-state index in [0.717, 1.165) is 18.4 Å². The second kappa shape index (κ2) is 2.97. The van der Waals surface area contributed by atoms with Gasteiger partial charge in [0.1, 0.15) is 0 Å². The molecule has 2 aliphatic rings. The molecule has 1 saturated heterocycles. The van der Waals surface area contributed by atoms with Gasteiger partial charge < -0.3 is 4.74 Å². The molecule has 2 fully saturated rings. The summed E-state index contributed by atoms with van der Waals surface area (Å²) in [5.41, 5.74) is 0. The highest BCUT2D eigenvalue weighted by Crippen LogP contribution is 2.42. The molecule has 0 aromatic heterocycles. The van der Waals surface area contributed by atoms with E-state index in [0.29, 0.717) is 6.10 Å². The Kier molecular flexibility index (Phi) is 2.18. The average Bonchev–Trinajstić information content (AvgIpc) is 2.70. The summed E-state index contributed by atoms with van der Waals surface area (Å²) in [6.07, 6.45) is 4.88. The number of hydrogen-bond acceptors (Lipinski definition) is 1. The molecule has 0 bridgehead atoms. The predicted molar refractivity (Wildman–Crippen MR) is 49.5 cm³/mol. The van der Waals surface area contributed by atoms with E-state index < -0.39 is 0 Å². The molecule has 0 unspecified atom stereocenters. The Morgan fingerprint density at radius 3 is 2.60 bits per heavy atom. The second-order valence-electron chi connectivity index (χ2n) is 3.44. The van der Waals surface area contributed by atoms with Gasteiger partial charge in [-0.1, -0.05) is 22.6 Å². The van der Waals surface area contributed by atoms with Gasteiger partial charge in [-0.25, -0.2) is 0 Å². The van der Waals surface area contributed by atoms with Gasteiger partial charge in [-0.05, 0) is 31.1 Å². The molecule has 1 nitrogen and oxygen atoms in total. The Labute approximate surface area is 75.7 Å². The summed E-state index contributed by atoms with van der Waals surface area (Å²) in [5.74, 6) is 1.98. The van der Waals surface area contributed by atoms with Crippen LogP contribution in [0.25, 0.3) is 0 Å². The third-order valence-corrected chi connectivity index (χ3v) is 3.55. The zero-order valence-corrected chi connectivity index (χ0v) is 8.21. The molecule has 0 aromatic carbocycles. The van der Waals surface area contributed by atoms with Crippen molar-refractivity contribution >= 4 is 22.6 Å². The van der Waals surface area contributed by atoms with Crippen molar-refractivity contribution in [1.29, 1.82) is 0 Å². The van der Waals surface area contributed by atoms with Gasteiger partial charge in [0.2, 0.25) is 0 Å². The number of alkyl halides is 1. The smallest absolute Gasteiger partial charge is 0.0668 e. The lowest BCUT2D eigenvalue weighted by molar-refractivity contribution is 0.123. The first-order valence-electron chi connectivity index (χ1n) is 4.07. The van der Waals surface area contributed by atoms with E-state index in [1.807, 2.05) is 0 Å². The van der Waals surface area contributed by atoms with Gasteiger partial charge in [-0.2, -0.15) is 0 Å². The summed E-state index contributed by atoms with van der Waals surface area (Å²) in [4.78, 5) is 0. The van der Waals surface area contributed by atoms with Crippen LogP contribution < -0.4 is 0 Å². The van der Waals surface area contributed by atoms with Gasteiger partial charge in [-0.15, -0.1) is 0 Å². The molecule has 0 aromatic rings. The standard InChI is InChI=1S/C8H13IO/c9-4-8-3-7(5-10-8)6-1-2-6/h6-8H,1-5H2/t7-,8+/m0/s1. The summed E-state index contributed by atoms with van der Waals surface area (Å²) in [7, 11) is 0. The number of ether oxygens (including phenoxy) is 1. The lowest BCUT2D eigenvalue weighted by atomic mass is 10.0. The highest BCUT2D eigenvalue weighted by atomic mass is 127. The first kappa shape index (κ1) is 7.35. The van der Waals surface area contributed by atoms with Gasteiger partial charge in [-0.3, -0.25) is 0 Å². The third kappa shape index (κ3) is 1.47. The molecule has 0 amide bonds.